The third-order valence-electron chi connectivity index (χ3n) is 5.68. The van der Waals surface area contributed by atoms with E-state index >= 15 is 0 Å². The van der Waals surface area contributed by atoms with Crippen LogP contribution in [-0.2, 0) is 20.2 Å². The Morgan fingerprint density at radius 3 is 1.24 bits per heavy atom. The molecule has 19 heteroatoms. The van der Waals surface area contributed by atoms with Gasteiger partial charge in [-0.15, -0.1) is 0 Å². The van der Waals surface area contributed by atoms with Crippen LogP contribution in [-0.4, -0.2) is 39.2 Å². The lowest BCUT2D eigenvalue weighted by molar-refractivity contribution is -0.385. The molecule has 0 aromatic heterocycles. The quantitative estimate of drug-likeness (QED) is 0.0875. The lowest BCUT2D eigenvalue weighted by Crippen LogP contribution is -2.10. The van der Waals surface area contributed by atoms with Gasteiger partial charge in [-0.25, -0.2) is 0 Å². The number of halogens is 4. The van der Waals surface area contributed by atoms with Crippen molar-refractivity contribution < 1.29 is 39.8 Å². The monoisotopic (exact) mass is 736 g/mol. The van der Waals surface area contributed by atoms with Crippen LogP contribution in [0.15, 0.2) is 60.7 Å². The van der Waals surface area contributed by atoms with Crippen LogP contribution in [0.1, 0.15) is 0 Å². The standard InChI is InChI=1S/C26H16Cl4N2O11S2/c1-44(37,38)42-25-19(31(33)34)7-9-21(23(25)15-5-3-13(27)11-17(15)29)41-22-10-8-20(32(35)36)26(43-45(2,39)40)24(22)16-6-4-14(28)12-18(16)30/h3-12H,1-2H3. The number of nitro groups is 2. The van der Waals surface area contributed by atoms with Crippen molar-refractivity contribution in [1.29, 1.82) is 0 Å². The first-order valence-corrected chi connectivity index (χ1v) is 17.0. The zero-order chi connectivity index (χ0) is 33.4. The van der Waals surface area contributed by atoms with E-state index in [1.807, 2.05) is 0 Å². The van der Waals surface area contributed by atoms with Crippen LogP contribution in [0.25, 0.3) is 22.3 Å². The molecule has 45 heavy (non-hydrogen) atoms. The summed E-state index contributed by atoms with van der Waals surface area (Å²) in [5.41, 5.74) is -2.32. The maximum absolute atomic E-state index is 12.2. The number of benzene rings is 4. The highest BCUT2D eigenvalue weighted by Gasteiger charge is 2.32. The van der Waals surface area contributed by atoms with E-state index in [0.29, 0.717) is 12.5 Å². The molecule has 0 heterocycles. The molecule has 0 bridgehead atoms. The van der Waals surface area contributed by atoms with Crippen LogP contribution in [0.3, 0.4) is 0 Å². The average Bonchev–Trinajstić information content (AvgIpc) is 2.88. The zero-order valence-electron chi connectivity index (χ0n) is 22.5. The number of rotatable bonds is 10. The number of nitro benzene ring substituents is 2. The van der Waals surface area contributed by atoms with Crippen LogP contribution >= 0.6 is 46.4 Å². The van der Waals surface area contributed by atoms with Gasteiger partial charge in [-0.05, 0) is 36.4 Å². The Balaban J connectivity index is 2.14. The molecule has 4 aromatic carbocycles. The molecule has 4 aromatic rings. The van der Waals surface area contributed by atoms with Crippen LogP contribution in [0.2, 0.25) is 20.1 Å². The van der Waals surface area contributed by atoms with E-state index in [9.17, 15) is 37.1 Å². The largest absolute Gasteiger partial charge is 0.456 e. The second-order valence-corrected chi connectivity index (χ2v) is 13.9. The van der Waals surface area contributed by atoms with Crippen molar-refractivity contribution in [3.63, 3.8) is 0 Å². The van der Waals surface area contributed by atoms with E-state index < -0.39 is 53.0 Å². The summed E-state index contributed by atoms with van der Waals surface area (Å²) in [4.78, 5) is 22.1. The summed E-state index contributed by atoms with van der Waals surface area (Å²) in [6.45, 7) is 0. The minimum Gasteiger partial charge on any atom is -0.456 e. The Labute approximate surface area is 275 Å². The molecular weight excluding hydrogens is 722 g/mol. The highest BCUT2D eigenvalue weighted by molar-refractivity contribution is 7.86. The average molecular weight is 738 g/mol. The second-order valence-electron chi connectivity index (χ2n) is 9.01. The maximum Gasteiger partial charge on any atom is 0.313 e. The highest BCUT2D eigenvalue weighted by Crippen LogP contribution is 2.52. The molecule has 236 valence electrons. The van der Waals surface area contributed by atoms with Crippen molar-refractivity contribution in [2.75, 3.05) is 12.5 Å². The number of ether oxygens (including phenoxy) is 1. The van der Waals surface area contributed by atoms with E-state index in [4.69, 9.17) is 59.5 Å². The molecule has 0 radical (unpaired) electrons. The van der Waals surface area contributed by atoms with E-state index in [2.05, 4.69) is 0 Å². The third-order valence-corrected chi connectivity index (χ3v) is 7.72. The lowest BCUT2D eigenvalue weighted by Gasteiger charge is -2.20. The third kappa shape index (κ3) is 7.87. The van der Waals surface area contributed by atoms with Crippen molar-refractivity contribution in [2.24, 2.45) is 0 Å². The summed E-state index contributed by atoms with van der Waals surface area (Å²) < 4.78 is 65.2. The molecule has 0 N–H and O–H groups in total. The first kappa shape index (κ1) is 34.0. The second kappa shape index (κ2) is 12.9. The van der Waals surface area contributed by atoms with Crippen molar-refractivity contribution in [3.05, 3.63) is 101 Å². The van der Waals surface area contributed by atoms with Gasteiger partial charge in [0, 0.05) is 33.3 Å². The molecule has 0 unspecified atom stereocenters. The van der Waals surface area contributed by atoms with Gasteiger partial charge in [-0.2, -0.15) is 16.8 Å². The SMILES string of the molecule is CS(=O)(=O)Oc1c([N+](=O)[O-])ccc(Oc2ccc([N+](=O)[O-])c(OS(C)(=O)=O)c2-c2ccc(Cl)cc2Cl)c1-c1ccc(Cl)cc1Cl. The molecule has 0 aliphatic heterocycles. The predicted octanol–water partition coefficient (Wildman–Crippen LogP) is 7.92. The van der Waals surface area contributed by atoms with Gasteiger partial charge in [0.2, 0.25) is 11.5 Å². The van der Waals surface area contributed by atoms with Gasteiger partial charge in [-0.1, -0.05) is 58.5 Å². The first-order valence-electron chi connectivity index (χ1n) is 11.9. The Morgan fingerprint density at radius 2 is 0.956 bits per heavy atom. The van der Waals surface area contributed by atoms with Crippen molar-refractivity contribution >= 4 is 78.0 Å². The minimum atomic E-state index is -4.40. The smallest absolute Gasteiger partial charge is 0.313 e. The maximum atomic E-state index is 12.2. The Bertz CT molecular complexity index is 1960. The molecule has 0 spiro atoms. The molecule has 0 amide bonds. The van der Waals surface area contributed by atoms with Crippen molar-refractivity contribution in [2.45, 2.75) is 0 Å². The normalized spacial score (nSPS) is 11.6. The van der Waals surface area contributed by atoms with Crippen LogP contribution in [0.4, 0.5) is 11.4 Å². The number of nitrogens with zero attached hydrogens (tertiary/aromatic N) is 2. The van der Waals surface area contributed by atoms with Crippen LogP contribution in [0.5, 0.6) is 23.0 Å². The molecule has 0 saturated carbocycles. The Morgan fingerprint density at radius 1 is 0.600 bits per heavy atom. The van der Waals surface area contributed by atoms with E-state index in [0.717, 1.165) is 24.3 Å². The molecule has 0 fully saturated rings. The summed E-state index contributed by atoms with van der Waals surface area (Å²) in [6.07, 6.45) is 1.31. The van der Waals surface area contributed by atoms with Gasteiger partial charge in [0.25, 0.3) is 0 Å². The predicted molar refractivity (Wildman–Crippen MR) is 168 cm³/mol. The summed E-state index contributed by atoms with van der Waals surface area (Å²) in [6, 6.07) is 11.8. The Hall–Kier alpha value is -3.86. The molecule has 0 atom stereocenters. The van der Waals surface area contributed by atoms with E-state index in [1.54, 1.807) is 0 Å². The van der Waals surface area contributed by atoms with Gasteiger partial charge < -0.3 is 13.1 Å². The topological polar surface area (TPSA) is 182 Å². The molecule has 0 aliphatic carbocycles. The molecule has 13 nitrogen and oxygen atoms in total. The van der Waals surface area contributed by atoms with E-state index in [-0.39, 0.29) is 53.8 Å². The summed E-state index contributed by atoms with van der Waals surface area (Å²) >= 11 is 24.9. The van der Waals surface area contributed by atoms with Gasteiger partial charge in [0.15, 0.2) is 0 Å². The first-order chi connectivity index (χ1) is 20.9. The fourth-order valence-electron chi connectivity index (χ4n) is 4.05. The van der Waals surface area contributed by atoms with Gasteiger partial charge in [-0.3, -0.25) is 20.2 Å². The highest BCUT2D eigenvalue weighted by atomic mass is 35.5. The molecule has 0 saturated heterocycles. The van der Waals surface area contributed by atoms with Gasteiger partial charge in [0.05, 0.1) is 43.5 Å². The summed E-state index contributed by atoms with van der Waals surface area (Å²) in [7, 11) is -8.80. The number of hydrogen-bond acceptors (Lipinski definition) is 11. The van der Waals surface area contributed by atoms with Gasteiger partial charge in [0.1, 0.15) is 11.5 Å². The Kier molecular flexibility index (Phi) is 9.73. The number of hydrogen-bond donors (Lipinski definition) is 0. The summed E-state index contributed by atoms with van der Waals surface area (Å²) in [5, 5.41) is 24.0. The van der Waals surface area contributed by atoms with Crippen LogP contribution < -0.4 is 13.1 Å². The fourth-order valence-corrected chi connectivity index (χ4v) is 6.00. The van der Waals surface area contributed by atoms with Gasteiger partial charge >= 0.3 is 31.6 Å². The van der Waals surface area contributed by atoms with Crippen LogP contribution in [0, 0.1) is 20.2 Å². The zero-order valence-corrected chi connectivity index (χ0v) is 27.1. The molecule has 0 aliphatic rings. The minimum absolute atomic E-state index is 0.0287. The lowest BCUT2D eigenvalue weighted by atomic mass is 10.0. The van der Waals surface area contributed by atoms with E-state index in [1.165, 1.54) is 36.4 Å². The molecule has 4 rings (SSSR count). The van der Waals surface area contributed by atoms with Crippen molar-refractivity contribution in [1.82, 2.24) is 0 Å². The van der Waals surface area contributed by atoms with Crippen molar-refractivity contribution in [3.8, 4) is 45.3 Å². The summed E-state index contributed by atoms with van der Waals surface area (Å²) in [5.74, 6) is -2.22. The fraction of sp³-hybridized carbons (Fsp3) is 0.0769. The molecular formula is C26H16Cl4N2O11S2.